The molecule has 0 spiro atoms. The molecule has 6 nitrogen and oxygen atoms in total. The molecule has 0 aliphatic heterocycles. The van der Waals surface area contributed by atoms with Gasteiger partial charge in [0.15, 0.2) is 0 Å². The molecule has 0 heterocycles. The molecule has 0 saturated heterocycles. The summed E-state index contributed by atoms with van der Waals surface area (Å²) in [6, 6.07) is 2.08. The van der Waals surface area contributed by atoms with Gasteiger partial charge in [0, 0.05) is 17.8 Å². The van der Waals surface area contributed by atoms with Gasteiger partial charge >= 0.3 is 5.97 Å². The number of carbonyl (C=O) groups excluding carboxylic acids is 1. The number of nitrogens with zero attached hydrogens (tertiary/aromatic N) is 1. The Bertz CT molecular complexity index is 608. The van der Waals surface area contributed by atoms with E-state index in [-0.39, 0.29) is 29.3 Å². The number of ether oxygens (including phenoxy) is 1. The molecule has 0 fully saturated rings. The number of sulfonamides is 1. The highest BCUT2D eigenvalue weighted by Gasteiger charge is 2.27. The smallest absolute Gasteiger partial charge is 0.321 e. The van der Waals surface area contributed by atoms with Crippen LogP contribution in [0.15, 0.2) is 17.0 Å². The number of benzene rings is 1. The first-order valence-corrected chi connectivity index (χ1v) is 7.89. The summed E-state index contributed by atoms with van der Waals surface area (Å²) >= 11 is 0. The fraction of sp³-hybridized carbons (Fsp3) is 0.462. The number of hydrogen-bond donors (Lipinski definition) is 1. The van der Waals surface area contributed by atoms with Gasteiger partial charge in [-0.2, -0.15) is 4.31 Å². The van der Waals surface area contributed by atoms with Gasteiger partial charge in [-0.3, -0.25) is 4.79 Å². The van der Waals surface area contributed by atoms with E-state index in [1.54, 1.807) is 13.8 Å². The van der Waals surface area contributed by atoms with E-state index < -0.39 is 28.4 Å². The van der Waals surface area contributed by atoms with E-state index in [2.05, 4.69) is 0 Å². The quantitative estimate of drug-likeness (QED) is 0.630. The maximum atomic E-state index is 13.7. The van der Waals surface area contributed by atoms with Crippen LogP contribution >= 0.6 is 0 Å². The van der Waals surface area contributed by atoms with E-state index in [0.29, 0.717) is 0 Å². The second kappa shape index (κ2) is 6.86. The summed E-state index contributed by atoms with van der Waals surface area (Å²) in [6.07, 6.45) is 0. The average molecular weight is 318 g/mol. The molecule has 2 N–H and O–H groups in total. The first-order chi connectivity index (χ1) is 9.73. The van der Waals surface area contributed by atoms with Crippen LogP contribution in [0.2, 0.25) is 0 Å². The third-order valence-corrected chi connectivity index (χ3v) is 4.86. The van der Waals surface area contributed by atoms with Gasteiger partial charge in [-0.15, -0.1) is 0 Å². The molecule has 0 atom stereocenters. The standard InChI is InChI=1S/C13H19FN2O4S/c1-4-16(8-13(17)20-5-2)21(18,19)10-6-11(14)9(3)12(15)7-10/h6-7H,4-5,8,15H2,1-3H3. The predicted molar refractivity (Wildman–Crippen MR) is 76.6 cm³/mol. The zero-order valence-corrected chi connectivity index (χ0v) is 13.0. The first-order valence-electron chi connectivity index (χ1n) is 6.45. The predicted octanol–water partition coefficient (Wildman–Crippen LogP) is 1.29. The number of carbonyl (C=O) groups is 1. The van der Waals surface area contributed by atoms with Gasteiger partial charge in [-0.05, 0) is 26.0 Å². The lowest BCUT2D eigenvalue weighted by Gasteiger charge is -2.20. The van der Waals surface area contributed by atoms with E-state index in [4.69, 9.17) is 10.5 Å². The summed E-state index contributed by atoms with van der Waals surface area (Å²) in [5.41, 5.74) is 5.82. The van der Waals surface area contributed by atoms with Gasteiger partial charge in [0.05, 0.1) is 11.5 Å². The van der Waals surface area contributed by atoms with Crippen LogP contribution in [0.25, 0.3) is 0 Å². The summed E-state index contributed by atoms with van der Waals surface area (Å²) in [5.74, 6) is -1.37. The van der Waals surface area contributed by atoms with Crippen molar-refractivity contribution in [1.29, 1.82) is 0 Å². The summed E-state index contributed by atoms with van der Waals surface area (Å²) in [5, 5.41) is 0. The van der Waals surface area contributed by atoms with Crippen LogP contribution < -0.4 is 5.73 Å². The molecule has 0 aliphatic carbocycles. The number of rotatable bonds is 6. The number of nitrogen functional groups attached to an aromatic ring is 1. The van der Waals surface area contributed by atoms with Gasteiger partial charge in [-0.25, -0.2) is 12.8 Å². The van der Waals surface area contributed by atoms with Gasteiger partial charge in [0.25, 0.3) is 0 Å². The highest BCUT2D eigenvalue weighted by Crippen LogP contribution is 2.23. The van der Waals surface area contributed by atoms with Crippen LogP contribution in [0.4, 0.5) is 10.1 Å². The van der Waals surface area contributed by atoms with Crippen molar-refractivity contribution in [3.63, 3.8) is 0 Å². The molecule has 0 amide bonds. The van der Waals surface area contributed by atoms with Crippen molar-refractivity contribution in [2.45, 2.75) is 25.7 Å². The zero-order valence-electron chi connectivity index (χ0n) is 12.2. The lowest BCUT2D eigenvalue weighted by atomic mass is 10.2. The van der Waals surface area contributed by atoms with Crippen LogP contribution in [0.3, 0.4) is 0 Å². The average Bonchev–Trinajstić information content (AvgIpc) is 2.41. The van der Waals surface area contributed by atoms with E-state index in [0.717, 1.165) is 10.4 Å². The Morgan fingerprint density at radius 2 is 2.00 bits per heavy atom. The normalized spacial score (nSPS) is 11.7. The van der Waals surface area contributed by atoms with Crippen LogP contribution in [0, 0.1) is 12.7 Å². The summed E-state index contributed by atoms with van der Waals surface area (Å²) in [4.78, 5) is 11.2. The minimum Gasteiger partial charge on any atom is -0.465 e. The summed E-state index contributed by atoms with van der Waals surface area (Å²) < 4.78 is 44.1. The molecule has 0 radical (unpaired) electrons. The lowest BCUT2D eigenvalue weighted by Crippen LogP contribution is -2.36. The highest BCUT2D eigenvalue weighted by molar-refractivity contribution is 7.89. The molecular formula is C13H19FN2O4S. The van der Waals surface area contributed by atoms with Crippen molar-refractivity contribution in [2.75, 3.05) is 25.4 Å². The third kappa shape index (κ3) is 3.92. The van der Waals surface area contributed by atoms with Crippen LogP contribution in [-0.2, 0) is 19.6 Å². The van der Waals surface area contributed by atoms with Crippen molar-refractivity contribution in [3.05, 3.63) is 23.5 Å². The zero-order chi connectivity index (χ0) is 16.2. The Morgan fingerprint density at radius 3 is 2.48 bits per heavy atom. The molecule has 0 saturated carbocycles. The van der Waals surface area contributed by atoms with Crippen LogP contribution in [-0.4, -0.2) is 38.4 Å². The Kier molecular flexibility index (Phi) is 5.68. The van der Waals surface area contributed by atoms with Gasteiger partial charge in [0.1, 0.15) is 12.4 Å². The van der Waals surface area contributed by atoms with Gasteiger partial charge in [-0.1, -0.05) is 6.92 Å². The lowest BCUT2D eigenvalue weighted by molar-refractivity contribution is -0.143. The van der Waals surface area contributed by atoms with E-state index in [1.165, 1.54) is 13.0 Å². The topological polar surface area (TPSA) is 89.7 Å². The number of esters is 1. The number of likely N-dealkylation sites (N-methyl/N-ethyl adjacent to an activating group) is 1. The maximum absolute atomic E-state index is 13.7. The van der Waals surface area contributed by atoms with Crippen LogP contribution in [0.5, 0.6) is 0 Å². The Balaban J connectivity index is 3.16. The minimum absolute atomic E-state index is 0.0424. The Hall–Kier alpha value is -1.67. The Labute approximate surface area is 123 Å². The van der Waals surface area contributed by atoms with Crippen molar-refractivity contribution in [2.24, 2.45) is 0 Å². The molecule has 8 heteroatoms. The second-order valence-corrected chi connectivity index (χ2v) is 6.29. The minimum atomic E-state index is -4.01. The number of nitrogens with two attached hydrogens (primary N) is 1. The fourth-order valence-corrected chi connectivity index (χ4v) is 3.13. The maximum Gasteiger partial charge on any atom is 0.321 e. The first kappa shape index (κ1) is 17.4. The largest absolute Gasteiger partial charge is 0.465 e. The van der Waals surface area contributed by atoms with Crippen molar-refractivity contribution < 1.29 is 22.3 Å². The summed E-state index contributed by atoms with van der Waals surface area (Å²) in [6.45, 7) is 4.43. The monoisotopic (exact) mass is 318 g/mol. The van der Waals surface area contributed by atoms with Gasteiger partial charge < -0.3 is 10.5 Å². The molecule has 1 rings (SSSR count). The van der Waals surface area contributed by atoms with Crippen LogP contribution in [0.1, 0.15) is 19.4 Å². The van der Waals surface area contributed by atoms with Gasteiger partial charge in [0.2, 0.25) is 10.0 Å². The summed E-state index contributed by atoms with van der Waals surface area (Å²) in [7, 11) is -4.01. The van der Waals surface area contributed by atoms with Crippen molar-refractivity contribution in [3.8, 4) is 0 Å². The highest BCUT2D eigenvalue weighted by atomic mass is 32.2. The van der Waals surface area contributed by atoms with Crippen molar-refractivity contribution in [1.82, 2.24) is 4.31 Å². The van der Waals surface area contributed by atoms with Crippen molar-refractivity contribution >= 4 is 21.7 Å². The molecule has 0 unspecified atom stereocenters. The number of hydrogen-bond acceptors (Lipinski definition) is 5. The fourth-order valence-electron chi connectivity index (χ4n) is 1.69. The number of anilines is 1. The SMILES string of the molecule is CCOC(=O)CN(CC)S(=O)(=O)c1cc(N)c(C)c(F)c1. The van der Waals surface area contributed by atoms with E-state index in [9.17, 15) is 17.6 Å². The molecule has 1 aromatic rings. The number of halogens is 1. The molecular weight excluding hydrogens is 299 g/mol. The molecule has 21 heavy (non-hydrogen) atoms. The van der Waals surface area contributed by atoms with E-state index in [1.807, 2.05) is 0 Å². The third-order valence-electron chi connectivity index (χ3n) is 2.96. The second-order valence-electron chi connectivity index (χ2n) is 4.36. The Morgan fingerprint density at radius 1 is 1.38 bits per heavy atom. The molecule has 0 aliphatic rings. The molecule has 1 aromatic carbocycles. The van der Waals surface area contributed by atoms with E-state index >= 15 is 0 Å². The molecule has 0 bridgehead atoms. The molecule has 0 aromatic heterocycles. The molecule has 118 valence electrons.